The molecule has 1 aliphatic heterocycles. The number of phenolic OH excluding ortho intramolecular Hbond substituents is 1. The number of rotatable bonds is 4. The summed E-state index contributed by atoms with van der Waals surface area (Å²) in [4.78, 5) is 27.3. The number of carbonyl (C=O) groups is 2. The molecule has 0 saturated carbocycles. The summed E-state index contributed by atoms with van der Waals surface area (Å²) >= 11 is 12.3. The normalized spacial score (nSPS) is 17.8. The Bertz CT molecular complexity index is 1270. The fourth-order valence-electron chi connectivity index (χ4n) is 3.71. The highest BCUT2D eigenvalue weighted by Crippen LogP contribution is 2.46. The second kappa shape index (κ2) is 8.26. The van der Waals surface area contributed by atoms with Gasteiger partial charge in [0, 0.05) is 5.02 Å². The first-order valence-electron chi connectivity index (χ1n) is 9.42. The molecule has 4 rings (SSSR count). The summed E-state index contributed by atoms with van der Waals surface area (Å²) in [5.41, 5.74) is 0.625. The number of anilines is 1. The van der Waals surface area contributed by atoms with Crippen LogP contribution in [-0.2, 0) is 9.59 Å². The lowest BCUT2D eigenvalue weighted by molar-refractivity contribution is -0.132. The van der Waals surface area contributed by atoms with Gasteiger partial charge in [-0.15, -0.1) is 0 Å². The van der Waals surface area contributed by atoms with Crippen molar-refractivity contribution in [3.05, 3.63) is 81.2 Å². The molecule has 2 aromatic carbocycles. The van der Waals surface area contributed by atoms with Gasteiger partial charge in [-0.05, 0) is 48.9 Å². The average molecular weight is 474 g/mol. The summed E-state index contributed by atoms with van der Waals surface area (Å²) in [5, 5.41) is 22.0. The molecule has 1 atom stereocenters. The monoisotopic (exact) mass is 473 g/mol. The van der Waals surface area contributed by atoms with Crippen molar-refractivity contribution in [1.82, 2.24) is 0 Å². The minimum absolute atomic E-state index is 0.0352. The van der Waals surface area contributed by atoms with Crippen molar-refractivity contribution in [2.75, 3.05) is 12.0 Å². The third-order valence-electron chi connectivity index (χ3n) is 5.12. The number of aliphatic hydroxyl groups is 1. The van der Waals surface area contributed by atoms with Crippen molar-refractivity contribution in [1.29, 1.82) is 0 Å². The number of hydrogen-bond donors (Lipinski definition) is 2. The van der Waals surface area contributed by atoms with Crippen LogP contribution >= 0.6 is 23.2 Å². The summed E-state index contributed by atoms with van der Waals surface area (Å²) in [6, 6.07) is 9.44. The van der Waals surface area contributed by atoms with Crippen LogP contribution in [0.4, 0.5) is 5.69 Å². The first-order chi connectivity index (χ1) is 15.2. The summed E-state index contributed by atoms with van der Waals surface area (Å²) in [6.45, 7) is 1.78. The number of aryl methyl sites for hydroxylation is 1. The van der Waals surface area contributed by atoms with Crippen molar-refractivity contribution < 1.29 is 29.0 Å². The number of Topliss-reactive ketones (excluding diaryl/α,β-unsaturated/α-hetero) is 1. The number of halogens is 2. The average Bonchev–Trinajstić information content (AvgIpc) is 3.36. The molecule has 2 heterocycles. The van der Waals surface area contributed by atoms with Gasteiger partial charge in [-0.3, -0.25) is 14.5 Å². The number of nitrogens with zero attached hydrogens (tertiary/aromatic N) is 1. The van der Waals surface area contributed by atoms with E-state index in [9.17, 15) is 19.8 Å². The second-order valence-electron chi connectivity index (χ2n) is 7.15. The molecule has 1 aromatic heterocycles. The SMILES string of the molecule is COc1c(Cl)cc(Cl)cc1/C(O)=C1/C(=O)C(=O)N(c2cc(C)ccc2O)C1c1ccco1. The van der Waals surface area contributed by atoms with E-state index in [2.05, 4.69) is 0 Å². The number of aromatic hydroxyl groups is 1. The number of phenols is 1. The largest absolute Gasteiger partial charge is 0.507 e. The predicted molar refractivity (Wildman–Crippen MR) is 119 cm³/mol. The van der Waals surface area contributed by atoms with Crippen molar-refractivity contribution >= 4 is 46.3 Å². The van der Waals surface area contributed by atoms with Crippen LogP contribution in [0.1, 0.15) is 22.9 Å². The van der Waals surface area contributed by atoms with Crippen LogP contribution in [0.2, 0.25) is 10.0 Å². The molecule has 0 bridgehead atoms. The van der Waals surface area contributed by atoms with Gasteiger partial charge in [0.2, 0.25) is 0 Å². The van der Waals surface area contributed by atoms with E-state index in [1.54, 1.807) is 31.2 Å². The van der Waals surface area contributed by atoms with Gasteiger partial charge in [-0.1, -0.05) is 29.3 Å². The minimum atomic E-state index is -1.15. The number of methoxy groups -OCH3 is 1. The number of ketones is 1. The number of amides is 1. The molecule has 1 saturated heterocycles. The van der Waals surface area contributed by atoms with Crippen LogP contribution in [0.25, 0.3) is 5.76 Å². The minimum Gasteiger partial charge on any atom is -0.507 e. The molecule has 7 nitrogen and oxygen atoms in total. The molecular weight excluding hydrogens is 457 g/mol. The van der Waals surface area contributed by atoms with Crippen LogP contribution in [0.5, 0.6) is 11.5 Å². The maximum absolute atomic E-state index is 13.1. The van der Waals surface area contributed by atoms with Gasteiger partial charge < -0.3 is 19.4 Å². The van der Waals surface area contributed by atoms with Gasteiger partial charge in [0.05, 0.1) is 35.2 Å². The molecule has 1 unspecified atom stereocenters. The topological polar surface area (TPSA) is 100 Å². The third kappa shape index (κ3) is 3.49. The molecule has 9 heteroatoms. The summed E-state index contributed by atoms with van der Waals surface area (Å²) in [5.74, 6) is -2.38. The third-order valence-corrected chi connectivity index (χ3v) is 5.61. The van der Waals surface area contributed by atoms with Crippen LogP contribution in [0.3, 0.4) is 0 Å². The van der Waals surface area contributed by atoms with Gasteiger partial charge >= 0.3 is 0 Å². The zero-order valence-corrected chi connectivity index (χ0v) is 18.4. The van der Waals surface area contributed by atoms with Crippen LogP contribution in [0.15, 0.2) is 58.7 Å². The molecule has 3 aromatic rings. The van der Waals surface area contributed by atoms with E-state index < -0.39 is 23.5 Å². The number of carbonyl (C=O) groups excluding carboxylic acids is 2. The Hall–Kier alpha value is -3.42. The maximum Gasteiger partial charge on any atom is 0.300 e. The lowest BCUT2D eigenvalue weighted by Crippen LogP contribution is -2.29. The fourth-order valence-corrected chi connectivity index (χ4v) is 4.28. The van der Waals surface area contributed by atoms with E-state index in [1.807, 2.05) is 0 Å². The Balaban J connectivity index is 2.01. The van der Waals surface area contributed by atoms with Crippen LogP contribution in [0, 0.1) is 6.92 Å². The van der Waals surface area contributed by atoms with E-state index in [4.69, 9.17) is 32.4 Å². The Labute approximate surface area is 193 Å². The van der Waals surface area contributed by atoms with Crippen molar-refractivity contribution in [2.24, 2.45) is 0 Å². The van der Waals surface area contributed by atoms with E-state index in [0.717, 1.165) is 10.5 Å². The molecular formula is C23H17Cl2NO6. The van der Waals surface area contributed by atoms with Crippen molar-refractivity contribution in [2.45, 2.75) is 13.0 Å². The van der Waals surface area contributed by atoms with E-state index >= 15 is 0 Å². The first kappa shape index (κ1) is 21.8. The Kier molecular flexibility index (Phi) is 5.62. The van der Waals surface area contributed by atoms with E-state index in [0.29, 0.717) is 0 Å². The number of furan rings is 1. The van der Waals surface area contributed by atoms with Crippen molar-refractivity contribution in [3.8, 4) is 11.5 Å². The lowest BCUT2D eigenvalue weighted by Gasteiger charge is -2.24. The molecule has 1 aliphatic rings. The lowest BCUT2D eigenvalue weighted by atomic mass is 9.98. The Morgan fingerprint density at radius 1 is 1.16 bits per heavy atom. The van der Waals surface area contributed by atoms with Gasteiger partial charge in [0.1, 0.15) is 29.1 Å². The smallest absolute Gasteiger partial charge is 0.300 e. The summed E-state index contributed by atoms with van der Waals surface area (Å²) in [6.07, 6.45) is 1.38. The highest BCUT2D eigenvalue weighted by molar-refractivity contribution is 6.52. The van der Waals surface area contributed by atoms with E-state index in [1.165, 1.54) is 31.6 Å². The highest BCUT2D eigenvalue weighted by atomic mass is 35.5. The molecule has 1 amide bonds. The summed E-state index contributed by atoms with van der Waals surface area (Å²) < 4.78 is 10.8. The molecule has 164 valence electrons. The number of aliphatic hydroxyl groups excluding tert-OH is 1. The summed E-state index contributed by atoms with van der Waals surface area (Å²) in [7, 11) is 1.35. The zero-order valence-electron chi connectivity index (χ0n) is 16.9. The van der Waals surface area contributed by atoms with Gasteiger partial charge in [0.15, 0.2) is 0 Å². The van der Waals surface area contributed by atoms with E-state index in [-0.39, 0.29) is 44.1 Å². The Morgan fingerprint density at radius 3 is 2.56 bits per heavy atom. The quantitative estimate of drug-likeness (QED) is 0.305. The molecule has 2 N–H and O–H groups in total. The zero-order chi connectivity index (χ0) is 23.2. The number of benzene rings is 2. The number of ether oxygens (including phenoxy) is 1. The predicted octanol–water partition coefficient (Wildman–Crippen LogP) is 5.24. The second-order valence-corrected chi connectivity index (χ2v) is 7.99. The van der Waals surface area contributed by atoms with Gasteiger partial charge in [-0.2, -0.15) is 0 Å². The van der Waals surface area contributed by atoms with Crippen LogP contribution in [-0.4, -0.2) is 29.0 Å². The number of hydrogen-bond acceptors (Lipinski definition) is 6. The molecule has 0 spiro atoms. The van der Waals surface area contributed by atoms with Gasteiger partial charge in [-0.25, -0.2) is 0 Å². The maximum atomic E-state index is 13.1. The van der Waals surface area contributed by atoms with Crippen molar-refractivity contribution in [3.63, 3.8) is 0 Å². The highest BCUT2D eigenvalue weighted by Gasteiger charge is 2.49. The molecule has 32 heavy (non-hydrogen) atoms. The molecule has 1 fully saturated rings. The van der Waals surface area contributed by atoms with Gasteiger partial charge in [0.25, 0.3) is 11.7 Å². The Morgan fingerprint density at radius 2 is 1.91 bits per heavy atom. The standard InChI is InChI=1S/C23H17Cl2NO6/c1-11-5-6-16(27)15(8-11)26-19(17-4-3-7-32-17)18(21(29)23(26)30)20(28)13-9-12(24)10-14(25)22(13)31-2/h3-10,19,27-28H,1-2H3/b20-18-. The molecule has 0 radical (unpaired) electrons. The van der Waals surface area contributed by atoms with Crippen LogP contribution < -0.4 is 9.64 Å². The fraction of sp³-hybridized carbons (Fsp3) is 0.130. The molecule has 0 aliphatic carbocycles. The first-order valence-corrected chi connectivity index (χ1v) is 10.2.